The van der Waals surface area contributed by atoms with Crippen LogP contribution < -0.4 is 4.90 Å². The smallest absolute Gasteiger partial charge is 0.224 e. The van der Waals surface area contributed by atoms with Gasteiger partial charge in [0, 0.05) is 43.7 Å². The SMILES string of the molecule is CC1CCc2ccccc2N1CCC(=O)N(C)CC(C)(CO)CO. The summed E-state index contributed by atoms with van der Waals surface area (Å²) in [6.07, 6.45) is 2.63. The van der Waals surface area contributed by atoms with E-state index in [2.05, 4.69) is 30.0 Å². The molecule has 0 bridgehead atoms. The molecule has 2 N–H and O–H groups in total. The van der Waals surface area contributed by atoms with Gasteiger partial charge in [-0.1, -0.05) is 25.1 Å². The molecule has 134 valence electrons. The zero-order valence-electron chi connectivity index (χ0n) is 15.0. The molecule has 5 nitrogen and oxygen atoms in total. The standard InChI is InChI=1S/C19H30N2O3/c1-15-8-9-16-6-4-5-7-17(16)21(15)11-10-18(24)20(3)12-19(2,13-22)14-23/h4-7,15,22-23H,8-14H2,1-3H3. The lowest BCUT2D eigenvalue weighted by molar-refractivity contribution is -0.131. The molecule has 0 aliphatic carbocycles. The first-order valence-corrected chi connectivity index (χ1v) is 8.70. The molecule has 0 saturated heterocycles. The summed E-state index contributed by atoms with van der Waals surface area (Å²) in [7, 11) is 1.74. The lowest BCUT2D eigenvalue weighted by Gasteiger charge is -2.37. The first-order chi connectivity index (χ1) is 11.4. The summed E-state index contributed by atoms with van der Waals surface area (Å²) in [5.74, 6) is 0.0402. The van der Waals surface area contributed by atoms with Gasteiger partial charge in [0.05, 0.1) is 13.2 Å². The predicted octanol–water partition coefficient (Wildman–Crippen LogP) is 1.67. The van der Waals surface area contributed by atoms with E-state index in [1.807, 2.05) is 6.07 Å². The Morgan fingerprint density at radius 1 is 1.33 bits per heavy atom. The fourth-order valence-corrected chi connectivity index (χ4v) is 3.32. The van der Waals surface area contributed by atoms with Gasteiger partial charge in [-0.25, -0.2) is 0 Å². The summed E-state index contributed by atoms with van der Waals surface area (Å²) < 4.78 is 0. The van der Waals surface area contributed by atoms with E-state index in [-0.39, 0.29) is 19.1 Å². The molecule has 1 heterocycles. The number of carbonyl (C=O) groups is 1. The first kappa shape index (κ1) is 18.7. The van der Waals surface area contributed by atoms with Crippen molar-refractivity contribution in [3.05, 3.63) is 29.8 Å². The van der Waals surface area contributed by atoms with Gasteiger partial charge in [0.1, 0.15) is 0 Å². The van der Waals surface area contributed by atoms with Crippen LogP contribution in [0.3, 0.4) is 0 Å². The third-order valence-corrected chi connectivity index (χ3v) is 5.04. The van der Waals surface area contributed by atoms with Crippen LogP contribution in [0.4, 0.5) is 5.69 Å². The van der Waals surface area contributed by atoms with Crippen LogP contribution in [-0.2, 0) is 11.2 Å². The van der Waals surface area contributed by atoms with Gasteiger partial charge in [-0.05, 0) is 31.4 Å². The molecule has 0 aromatic heterocycles. The Bertz CT molecular complexity index is 557. The van der Waals surface area contributed by atoms with E-state index < -0.39 is 5.41 Å². The van der Waals surface area contributed by atoms with Crippen molar-refractivity contribution >= 4 is 11.6 Å². The summed E-state index contributed by atoms with van der Waals surface area (Å²) in [5, 5.41) is 18.8. The second-order valence-electron chi connectivity index (χ2n) is 7.34. The largest absolute Gasteiger partial charge is 0.396 e. The van der Waals surface area contributed by atoms with E-state index in [4.69, 9.17) is 0 Å². The maximum Gasteiger partial charge on any atom is 0.224 e. The Labute approximate surface area is 144 Å². The Hall–Kier alpha value is -1.59. The molecule has 1 aliphatic heterocycles. The van der Waals surface area contributed by atoms with Crippen LogP contribution in [0.2, 0.25) is 0 Å². The van der Waals surface area contributed by atoms with E-state index >= 15 is 0 Å². The fraction of sp³-hybridized carbons (Fsp3) is 0.632. The molecule has 1 amide bonds. The van der Waals surface area contributed by atoms with Gasteiger partial charge in [-0.15, -0.1) is 0 Å². The van der Waals surface area contributed by atoms with Crippen LogP contribution in [0.25, 0.3) is 0 Å². The second kappa shape index (κ2) is 7.99. The highest BCUT2D eigenvalue weighted by Gasteiger charge is 2.27. The normalized spacial score (nSPS) is 17.5. The number of hydrogen-bond donors (Lipinski definition) is 2. The van der Waals surface area contributed by atoms with Crippen molar-refractivity contribution < 1.29 is 15.0 Å². The Morgan fingerprint density at radius 2 is 2.00 bits per heavy atom. The van der Waals surface area contributed by atoms with Gasteiger partial charge < -0.3 is 20.0 Å². The molecule has 0 spiro atoms. The highest BCUT2D eigenvalue weighted by molar-refractivity contribution is 5.76. The van der Waals surface area contributed by atoms with Crippen LogP contribution in [0.15, 0.2) is 24.3 Å². The molecule has 0 radical (unpaired) electrons. The number of aryl methyl sites for hydroxylation is 1. The number of aliphatic hydroxyl groups excluding tert-OH is 2. The minimum Gasteiger partial charge on any atom is -0.396 e. The van der Waals surface area contributed by atoms with Gasteiger partial charge in [0.25, 0.3) is 0 Å². The molecular formula is C19H30N2O3. The maximum atomic E-state index is 12.4. The molecule has 0 saturated carbocycles. The zero-order chi connectivity index (χ0) is 17.7. The average molecular weight is 334 g/mol. The number of nitrogens with zero attached hydrogens (tertiary/aromatic N) is 2. The van der Waals surface area contributed by atoms with Crippen LogP contribution in [-0.4, -0.2) is 60.4 Å². The molecule has 24 heavy (non-hydrogen) atoms. The number of amides is 1. The zero-order valence-corrected chi connectivity index (χ0v) is 15.0. The van der Waals surface area contributed by atoms with Crippen molar-refractivity contribution in [1.82, 2.24) is 4.90 Å². The van der Waals surface area contributed by atoms with E-state index in [1.54, 1.807) is 18.9 Å². The number of rotatable bonds is 7. The number of benzene rings is 1. The molecule has 1 aliphatic rings. The number of para-hydroxylation sites is 1. The van der Waals surface area contributed by atoms with Crippen molar-refractivity contribution in [2.24, 2.45) is 5.41 Å². The van der Waals surface area contributed by atoms with E-state index in [1.165, 1.54) is 11.3 Å². The lowest BCUT2D eigenvalue weighted by atomic mass is 9.92. The molecule has 1 unspecified atom stereocenters. The van der Waals surface area contributed by atoms with Gasteiger partial charge >= 0.3 is 0 Å². The van der Waals surface area contributed by atoms with Gasteiger partial charge in [-0.3, -0.25) is 4.79 Å². The van der Waals surface area contributed by atoms with Crippen LogP contribution in [0.1, 0.15) is 32.3 Å². The monoisotopic (exact) mass is 334 g/mol. The number of fused-ring (bicyclic) bond motifs is 1. The molecule has 1 atom stereocenters. The summed E-state index contributed by atoms with van der Waals surface area (Å²) in [5.41, 5.74) is 1.93. The fourth-order valence-electron chi connectivity index (χ4n) is 3.32. The maximum absolute atomic E-state index is 12.4. The van der Waals surface area contributed by atoms with Crippen molar-refractivity contribution in [2.75, 3.05) is 38.3 Å². The summed E-state index contributed by atoms with van der Waals surface area (Å²) >= 11 is 0. The Balaban J connectivity index is 1.96. The summed E-state index contributed by atoms with van der Waals surface area (Å²) in [4.78, 5) is 16.4. The quantitative estimate of drug-likeness (QED) is 0.796. The van der Waals surface area contributed by atoms with Gasteiger partial charge in [-0.2, -0.15) is 0 Å². The second-order valence-corrected chi connectivity index (χ2v) is 7.34. The highest BCUT2D eigenvalue weighted by Crippen LogP contribution is 2.30. The molecular weight excluding hydrogens is 304 g/mol. The molecule has 2 rings (SSSR count). The molecule has 5 heteroatoms. The minimum absolute atomic E-state index is 0.0402. The molecule has 1 aromatic rings. The van der Waals surface area contributed by atoms with Gasteiger partial charge in [0.15, 0.2) is 0 Å². The van der Waals surface area contributed by atoms with Crippen LogP contribution in [0.5, 0.6) is 0 Å². The van der Waals surface area contributed by atoms with E-state index in [0.717, 1.165) is 12.8 Å². The van der Waals surface area contributed by atoms with E-state index in [9.17, 15) is 15.0 Å². The van der Waals surface area contributed by atoms with Gasteiger partial charge in [0.2, 0.25) is 5.91 Å². The number of carbonyl (C=O) groups excluding carboxylic acids is 1. The third kappa shape index (κ3) is 4.28. The van der Waals surface area contributed by atoms with Crippen LogP contribution >= 0.6 is 0 Å². The first-order valence-electron chi connectivity index (χ1n) is 8.70. The lowest BCUT2D eigenvalue weighted by Crippen LogP contribution is -2.44. The molecule has 0 fully saturated rings. The van der Waals surface area contributed by atoms with Crippen molar-refractivity contribution in [1.29, 1.82) is 0 Å². The topological polar surface area (TPSA) is 64.0 Å². The van der Waals surface area contributed by atoms with Crippen molar-refractivity contribution in [2.45, 2.75) is 39.2 Å². The van der Waals surface area contributed by atoms with Crippen molar-refractivity contribution in [3.8, 4) is 0 Å². The number of hydrogen-bond acceptors (Lipinski definition) is 4. The third-order valence-electron chi connectivity index (χ3n) is 5.04. The average Bonchev–Trinajstić information content (AvgIpc) is 2.60. The predicted molar refractivity (Wildman–Crippen MR) is 96.1 cm³/mol. The highest BCUT2D eigenvalue weighted by atomic mass is 16.3. The van der Waals surface area contributed by atoms with Crippen LogP contribution in [0, 0.1) is 5.41 Å². The van der Waals surface area contributed by atoms with E-state index in [0.29, 0.717) is 25.6 Å². The van der Waals surface area contributed by atoms with Crippen molar-refractivity contribution in [3.63, 3.8) is 0 Å². The Kier molecular flexibility index (Phi) is 6.24. The molecule has 1 aromatic carbocycles. The number of anilines is 1. The summed E-state index contributed by atoms with van der Waals surface area (Å²) in [6.45, 7) is 4.75. The summed E-state index contributed by atoms with van der Waals surface area (Å²) in [6, 6.07) is 8.84. The minimum atomic E-state index is -0.657. The Morgan fingerprint density at radius 3 is 2.67 bits per heavy atom. The number of aliphatic hydroxyl groups is 2.